The van der Waals surface area contributed by atoms with Gasteiger partial charge in [-0.3, -0.25) is 5.01 Å². The summed E-state index contributed by atoms with van der Waals surface area (Å²) in [5.41, 5.74) is 6.11. The zero-order chi connectivity index (χ0) is 8.69. The summed E-state index contributed by atoms with van der Waals surface area (Å²) in [6.45, 7) is 4.00. The molecule has 0 saturated heterocycles. The van der Waals surface area contributed by atoms with Gasteiger partial charge in [0.15, 0.2) is 0 Å². The first-order valence-corrected chi connectivity index (χ1v) is 3.70. The predicted molar refractivity (Wildman–Crippen MR) is 49.0 cm³/mol. The Morgan fingerprint density at radius 1 is 1.45 bits per heavy atom. The minimum absolute atomic E-state index is 0.676. The lowest BCUT2D eigenvalue weighted by molar-refractivity contribution is 0.494. The maximum Gasteiger partial charge on any atom is 0.0703 e. The first kappa shape index (κ1) is 9.75. The van der Waals surface area contributed by atoms with Crippen molar-refractivity contribution in [3.63, 3.8) is 0 Å². The molecule has 0 bridgehead atoms. The van der Waals surface area contributed by atoms with E-state index in [9.17, 15) is 0 Å². The predicted octanol–water partition coefficient (Wildman–Crippen LogP) is 1.30. The van der Waals surface area contributed by atoms with Crippen molar-refractivity contribution in [1.82, 2.24) is 5.01 Å². The number of hydrazone groups is 1. The molecule has 3 nitrogen and oxygen atoms in total. The van der Waals surface area contributed by atoms with Crippen molar-refractivity contribution in [2.75, 3.05) is 7.05 Å². The van der Waals surface area contributed by atoms with E-state index in [0.29, 0.717) is 5.70 Å². The van der Waals surface area contributed by atoms with Gasteiger partial charge in [0, 0.05) is 13.2 Å². The molecule has 1 rings (SSSR count). The third kappa shape index (κ3) is 4.19. The van der Waals surface area contributed by atoms with Gasteiger partial charge in [0.2, 0.25) is 0 Å². The summed E-state index contributed by atoms with van der Waals surface area (Å²) in [6, 6.07) is 0. The Morgan fingerprint density at radius 2 is 2.09 bits per heavy atom. The molecule has 0 aromatic rings. The molecule has 0 fully saturated rings. The van der Waals surface area contributed by atoms with Gasteiger partial charge in [0.05, 0.1) is 11.9 Å². The van der Waals surface area contributed by atoms with Crippen LogP contribution < -0.4 is 5.73 Å². The van der Waals surface area contributed by atoms with Crippen LogP contribution in [0.3, 0.4) is 0 Å². The fraction of sp³-hybridized carbons (Fsp3) is 0.375. The van der Waals surface area contributed by atoms with Gasteiger partial charge in [-0.05, 0) is 12.2 Å². The van der Waals surface area contributed by atoms with Gasteiger partial charge in [0.25, 0.3) is 0 Å². The Morgan fingerprint density at radius 3 is 2.73 bits per heavy atom. The van der Waals surface area contributed by atoms with E-state index in [1.807, 2.05) is 33.2 Å². The van der Waals surface area contributed by atoms with E-state index in [-0.39, 0.29) is 0 Å². The van der Waals surface area contributed by atoms with E-state index in [1.54, 1.807) is 17.3 Å². The average molecular weight is 153 g/mol. The Hall–Kier alpha value is -1.25. The van der Waals surface area contributed by atoms with Crippen LogP contribution in [0, 0.1) is 0 Å². The Balaban J connectivity index is 0.000000461. The van der Waals surface area contributed by atoms with Crippen molar-refractivity contribution in [3.05, 3.63) is 24.0 Å². The molecule has 11 heavy (non-hydrogen) atoms. The number of nitrogens with two attached hydrogens (primary N) is 1. The molecule has 0 atom stereocenters. The van der Waals surface area contributed by atoms with Crippen LogP contribution in [0.2, 0.25) is 0 Å². The van der Waals surface area contributed by atoms with Gasteiger partial charge in [-0.1, -0.05) is 13.8 Å². The highest BCUT2D eigenvalue weighted by Crippen LogP contribution is 1.92. The second kappa shape index (κ2) is 5.53. The summed E-state index contributed by atoms with van der Waals surface area (Å²) in [5.74, 6) is 0. The van der Waals surface area contributed by atoms with E-state index in [4.69, 9.17) is 5.73 Å². The van der Waals surface area contributed by atoms with Crippen LogP contribution in [0.5, 0.6) is 0 Å². The Bertz CT molecular complexity index is 180. The molecule has 3 heteroatoms. The maximum absolute atomic E-state index is 5.43. The summed E-state index contributed by atoms with van der Waals surface area (Å²) < 4.78 is 0. The third-order valence-corrected chi connectivity index (χ3v) is 0.979. The molecule has 1 aliphatic rings. The molecule has 62 valence electrons. The Labute approximate surface area is 67.9 Å². The van der Waals surface area contributed by atoms with Gasteiger partial charge in [-0.15, -0.1) is 0 Å². The Kier molecular flexibility index (Phi) is 4.90. The summed E-state index contributed by atoms with van der Waals surface area (Å²) in [7, 11) is 1.85. The van der Waals surface area contributed by atoms with Gasteiger partial charge in [-0.25, -0.2) is 0 Å². The van der Waals surface area contributed by atoms with Crippen LogP contribution in [0.25, 0.3) is 0 Å². The molecule has 0 spiro atoms. The molecule has 2 N–H and O–H groups in total. The fourth-order valence-electron chi connectivity index (χ4n) is 0.518. The number of rotatable bonds is 0. The molecule has 0 aromatic carbocycles. The third-order valence-electron chi connectivity index (χ3n) is 0.979. The van der Waals surface area contributed by atoms with Crippen LogP contribution in [-0.4, -0.2) is 18.3 Å². The molecule has 1 heterocycles. The first-order valence-electron chi connectivity index (χ1n) is 3.70. The molecule has 1 aliphatic heterocycles. The maximum atomic E-state index is 5.43. The zero-order valence-corrected chi connectivity index (χ0v) is 7.28. The normalized spacial score (nSPS) is 14.8. The fourth-order valence-corrected chi connectivity index (χ4v) is 0.518. The SMILES string of the molecule is CC.CN1C=CC=C(N)C=N1. The number of hydrogen-bond acceptors (Lipinski definition) is 3. The highest BCUT2D eigenvalue weighted by molar-refractivity contribution is 5.77. The largest absolute Gasteiger partial charge is 0.397 e. The number of hydrogen-bond donors (Lipinski definition) is 1. The number of allylic oxidation sites excluding steroid dienone is 3. The first-order chi connectivity index (χ1) is 5.29. The number of nitrogens with zero attached hydrogens (tertiary/aromatic N) is 2. The molecule has 0 aromatic heterocycles. The van der Waals surface area contributed by atoms with Gasteiger partial charge in [0.1, 0.15) is 0 Å². The van der Waals surface area contributed by atoms with Gasteiger partial charge in [-0.2, -0.15) is 5.10 Å². The van der Waals surface area contributed by atoms with Gasteiger partial charge >= 0.3 is 0 Å². The molecule has 0 radical (unpaired) electrons. The van der Waals surface area contributed by atoms with Crippen molar-refractivity contribution in [2.24, 2.45) is 10.8 Å². The van der Waals surface area contributed by atoms with Crippen molar-refractivity contribution in [3.8, 4) is 0 Å². The topological polar surface area (TPSA) is 41.6 Å². The van der Waals surface area contributed by atoms with E-state index in [2.05, 4.69) is 5.10 Å². The summed E-state index contributed by atoms with van der Waals surface area (Å²) >= 11 is 0. The molecule has 0 amide bonds. The standard InChI is InChI=1S/C6H9N3.C2H6/c1-9-4-2-3-6(7)5-8-9;1-2/h2-5H,7H2,1H3;1-2H3. The highest BCUT2D eigenvalue weighted by Gasteiger charge is 1.87. The van der Waals surface area contributed by atoms with Gasteiger partial charge < -0.3 is 5.73 Å². The van der Waals surface area contributed by atoms with E-state index in [0.717, 1.165) is 0 Å². The van der Waals surface area contributed by atoms with Crippen molar-refractivity contribution in [2.45, 2.75) is 13.8 Å². The summed E-state index contributed by atoms with van der Waals surface area (Å²) in [5, 5.41) is 5.62. The van der Waals surface area contributed by atoms with Crippen molar-refractivity contribution >= 4 is 6.21 Å². The quantitative estimate of drug-likeness (QED) is 0.570. The minimum Gasteiger partial charge on any atom is -0.397 e. The molecular weight excluding hydrogens is 138 g/mol. The van der Waals surface area contributed by atoms with Crippen LogP contribution in [-0.2, 0) is 0 Å². The molecule has 0 saturated carbocycles. The highest BCUT2D eigenvalue weighted by atomic mass is 15.4. The minimum atomic E-state index is 0.676. The lowest BCUT2D eigenvalue weighted by Crippen LogP contribution is -2.02. The van der Waals surface area contributed by atoms with Crippen LogP contribution in [0.1, 0.15) is 13.8 Å². The molecular formula is C8H15N3. The van der Waals surface area contributed by atoms with Crippen molar-refractivity contribution in [1.29, 1.82) is 0 Å². The van der Waals surface area contributed by atoms with Crippen LogP contribution >= 0.6 is 0 Å². The van der Waals surface area contributed by atoms with Crippen LogP contribution in [0.15, 0.2) is 29.2 Å². The second-order valence-corrected chi connectivity index (χ2v) is 1.83. The lowest BCUT2D eigenvalue weighted by Gasteiger charge is -2.01. The molecule has 0 aliphatic carbocycles. The van der Waals surface area contributed by atoms with E-state index < -0.39 is 0 Å². The van der Waals surface area contributed by atoms with Crippen LogP contribution in [0.4, 0.5) is 0 Å². The summed E-state index contributed by atoms with van der Waals surface area (Å²) in [6.07, 6.45) is 7.09. The average Bonchev–Trinajstić information content (AvgIpc) is 2.20. The zero-order valence-electron chi connectivity index (χ0n) is 7.28. The monoisotopic (exact) mass is 153 g/mol. The second-order valence-electron chi connectivity index (χ2n) is 1.83. The molecule has 0 unspecified atom stereocenters. The summed E-state index contributed by atoms with van der Waals surface area (Å²) in [4.78, 5) is 0. The van der Waals surface area contributed by atoms with Crippen molar-refractivity contribution < 1.29 is 0 Å². The lowest BCUT2D eigenvalue weighted by atomic mass is 10.4. The van der Waals surface area contributed by atoms with E-state index >= 15 is 0 Å². The smallest absolute Gasteiger partial charge is 0.0703 e. The van der Waals surface area contributed by atoms with E-state index in [1.165, 1.54) is 0 Å².